The smallest absolute Gasteiger partial charge is 0.271 e. The number of benzene rings is 2. The van der Waals surface area contributed by atoms with E-state index in [4.69, 9.17) is 21.1 Å². The molecule has 0 bridgehead atoms. The lowest BCUT2D eigenvalue weighted by Crippen LogP contribution is -2.18. The van der Waals surface area contributed by atoms with E-state index in [2.05, 4.69) is 10.5 Å². The minimum absolute atomic E-state index is 0.268. The molecule has 0 aromatic heterocycles. The first-order valence-electron chi connectivity index (χ1n) is 7.96. The van der Waals surface area contributed by atoms with Gasteiger partial charge >= 0.3 is 0 Å². The van der Waals surface area contributed by atoms with Gasteiger partial charge in [-0.05, 0) is 42.7 Å². The largest absolute Gasteiger partial charge is 0.493 e. The second kappa shape index (κ2) is 9.08. The standard InChI is InChI=1S/C19H21ClN2O3/c1-4-9-25-18-16(20)10-14(11-17(18)24-3)12-21-22-19(23)15-8-6-5-7-13(15)2/h5-8,10-12H,4,9H2,1-3H3,(H,22,23)/b21-12+. The number of carbonyl (C=O) groups is 1. The minimum atomic E-state index is -0.268. The maximum atomic E-state index is 12.1. The predicted molar refractivity (Wildman–Crippen MR) is 100 cm³/mol. The zero-order chi connectivity index (χ0) is 18.2. The summed E-state index contributed by atoms with van der Waals surface area (Å²) in [5.41, 5.74) is 4.67. The molecule has 0 atom stereocenters. The summed E-state index contributed by atoms with van der Waals surface area (Å²) >= 11 is 6.25. The van der Waals surface area contributed by atoms with E-state index < -0.39 is 0 Å². The van der Waals surface area contributed by atoms with E-state index in [1.807, 2.05) is 32.0 Å². The second-order valence-corrected chi connectivity index (χ2v) is 5.80. The Morgan fingerprint density at radius 1 is 1.32 bits per heavy atom. The fourth-order valence-corrected chi connectivity index (χ4v) is 2.49. The molecule has 0 saturated heterocycles. The summed E-state index contributed by atoms with van der Waals surface area (Å²) in [4.78, 5) is 12.1. The third kappa shape index (κ3) is 4.97. The summed E-state index contributed by atoms with van der Waals surface area (Å²) < 4.78 is 10.9. The molecule has 0 heterocycles. The number of carbonyl (C=O) groups excluding carboxylic acids is 1. The number of rotatable bonds is 7. The Morgan fingerprint density at radius 3 is 2.76 bits per heavy atom. The van der Waals surface area contributed by atoms with Crippen molar-refractivity contribution in [3.05, 3.63) is 58.1 Å². The molecule has 0 spiro atoms. The third-order valence-electron chi connectivity index (χ3n) is 3.47. The number of methoxy groups -OCH3 is 1. The monoisotopic (exact) mass is 360 g/mol. The van der Waals surface area contributed by atoms with E-state index in [1.54, 1.807) is 25.3 Å². The number of nitrogens with zero attached hydrogens (tertiary/aromatic N) is 1. The average Bonchev–Trinajstić information content (AvgIpc) is 2.60. The molecule has 6 heteroatoms. The van der Waals surface area contributed by atoms with Crippen LogP contribution in [0.15, 0.2) is 41.5 Å². The van der Waals surface area contributed by atoms with Crippen molar-refractivity contribution in [3.8, 4) is 11.5 Å². The van der Waals surface area contributed by atoms with Crippen molar-refractivity contribution in [2.75, 3.05) is 13.7 Å². The molecule has 5 nitrogen and oxygen atoms in total. The molecule has 0 aliphatic rings. The Kier molecular flexibility index (Phi) is 6.83. The van der Waals surface area contributed by atoms with Crippen LogP contribution in [0.2, 0.25) is 5.02 Å². The highest BCUT2D eigenvalue weighted by Crippen LogP contribution is 2.36. The normalized spacial score (nSPS) is 10.7. The molecular weight excluding hydrogens is 340 g/mol. The molecule has 2 aromatic carbocycles. The molecule has 0 radical (unpaired) electrons. The van der Waals surface area contributed by atoms with E-state index in [0.717, 1.165) is 12.0 Å². The number of hydrazone groups is 1. The van der Waals surface area contributed by atoms with E-state index in [-0.39, 0.29) is 5.91 Å². The zero-order valence-corrected chi connectivity index (χ0v) is 15.3. The molecule has 1 amide bonds. The van der Waals surface area contributed by atoms with Crippen molar-refractivity contribution in [1.82, 2.24) is 5.43 Å². The molecule has 2 aromatic rings. The van der Waals surface area contributed by atoms with Crippen LogP contribution in [-0.4, -0.2) is 25.8 Å². The van der Waals surface area contributed by atoms with Crippen molar-refractivity contribution < 1.29 is 14.3 Å². The van der Waals surface area contributed by atoms with Crippen molar-refractivity contribution in [1.29, 1.82) is 0 Å². The lowest BCUT2D eigenvalue weighted by Gasteiger charge is -2.12. The maximum absolute atomic E-state index is 12.1. The number of hydrogen-bond acceptors (Lipinski definition) is 4. The number of ether oxygens (including phenoxy) is 2. The Hall–Kier alpha value is -2.53. The molecule has 0 fully saturated rings. The van der Waals surface area contributed by atoms with E-state index in [9.17, 15) is 4.79 Å². The molecular formula is C19H21ClN2O3. The van der Waals surface area contributed by atoms with Crippen molar-refractivity contribution in [3.63, 3.8) is 0 Å². The van der Waals surface area contributed by atoms with Gasteiger partial charge < -0.3 is 9.47 Å². The Morgan fingerprint density at radius 2 is 2.08 bits per heavy atom. The fraction of sp³-hybridized carbons (Fsp3) is 0.263. The Labute approximate surface area is 152 Å². The number of halogens is 1. The number of aryl methyl sites for hydroxylation is 1. The molecule has 0 aliphatic carbocycles. The Bertz CT molecular complexity index is 775. The molecule has 0 saturated carbocycles. The van der Waals surface area contributed by atoms with Crippen LogP contribution in [0.5, 0.6) is 11.5 Å². The molecule has 132 valence electrons. The summed E-state index contributed by atoms with van der Waals surface area (Å²) in [5.74, 6) is 0.759. The van der Waals surface area contributed by atoms with Gasteiger partial charge in [0.15, 0.2) is 11.5 Å². The van der Waals surface area contributed by atoms with Crippen LogP contribution in [0.4, 0.5) is 0 Å². The summed E-state index contributed by atoms with van der Waals surface area (Å²) in [7, 11) is 1.55. The highest BCUT2D eigenvalue weighted by atomic mass is 35.5. The third-order valence-corrected chi connectivity index (χ3v) is 3.75. The summed E-state index contributed by atoms with van der Waals surface area (Å²) in [5, 5.41) is 4.42. The summed E-state index contributed by atoms with van der Waals surface area (Å²) in [6, 6.07) is 10.8. The molecule has 25 heavy (non-hydrogen) atoms. The van der Waals surface area contributed by atoms with Crippen LogP contribution in [0.1, 0.15) is 34.8 Å². The number of hydrogen-bond donors (Lipinski definition) is 1. The van der Waals surface area contributed by atoms with Gasteiger partial charge in [0.1, 0.15) is 0 Å². The van der Waals surface area contributed by atoms with Gasteiger partial charge in [-0.25, -0.2) is 5.43 Å². The van der Waals surface area contributed by atoms with E-state index >= 15 is 0 Å². The number of nitrogens with one attached hydrogen (secondary N) is 1. The second-order valence-electron chi connectivity index (χ2n) is 5.40. The van der Waals surface area contributed by atoms with Crippen molar-refractivity contribution in [2.45, 2.75) is 20.3 Å². The van der Waals surface area contributed by atoms with Crippen LogP contribution in [0, 0.1) is 6.92 Å². The maximum Gasteiger partial charge on any atom is 0.271 e. The Balaban J connectivity index is 2.12. The van der Waals surface area contributed by atoms with Crippen LogP contribution in [-0.2, 0) is 0 Å². The minimum Gasteiger partial charge on any atom is -0.493 e. The predicted octanol–water partition coefficient (Wildman–Crippen LogP) is 4.21. The van der Waals surface area contributed by atoms with Crippen LogP contribution >= 0.6 is 11.6 Å². The van der Waals surface area contributed by atoms with Crippen LogP contribution < -0.4 is 14.9 Å². The van der Waals surface area contributed by atoms with Crippen molar-refractivity contribution in [2.24, 2.45) is 5.10 Å². The molecule has 2 rings (SSSR count). The van der Waals surface area contributed by atoms with Crippen molar-refractivity contribution >= 4 is 23.7 Å². The summed E-state index contributed by atoms with van der Waals surface area (Å²) in [6.07, 6.45) is 2.38. The molecule has 1 N–H and O–H groups in total. The van der Waals surface area contributed by atoms with Gasteiger partial charge in [0.05, 0.1) is 25.0 Å². The first-order chi connectivity index (χ1) is 12.1. The van der Waals surface area contributed by atoms with E-state index in [1.165, 1.54) is 6.21 Å². The SMILES string of the molecule is CCCOc1c(Cl)cc(/C=N/NC(=O)c2ccccc2C)cc1OC. The highest BCUT2D eigenvalue weighted by Gasteiger charge is 2.11. The van der Waals surface area contributed by atoms with Gasteiger partial charge in [-0.2, -0.15) is 5.10 Å². The lowest BCUT2D eigenvalue weighted by molar-refractivity contribution is 0.0954. The van der Waals surface area contributed by atoms with Gasteiger partial charge in [0.2, 0.25) is 0 Å². The fourth-order valence-electron chi connectivity index (χ4n) is 2.21. The van der Waals surface area contributed by atoms with Crippen LogP contribution in [0.3, 0.4) is 0 Å². The average molecular weight is 361 g/mol. The first kappa shape index (κ1) is 18.8. The topological polar surface area (TPSA) is 59.9 Å². The lowest BCUT2D eigenvalue weighted by atomic mass is 10.1. The van der Waals surface area contributed by atoms with Gasteiger partial charge in [0, 0.05) is 5.56 Å². The zero-order valence-electron chi connectivity index (χ0n) is 14.5. The van der Waals surface area contributed by atoms with Gasteiger partial charge in [-0.3, -0.25) is 4.79 Å². The van der Waals surface area contributed by atoms with Gasteiger partial charge in [0.25, 0.3) is 5.91 Å². The quantitative estimate of drug-likeness (QED) is 0.594. The molecule has 0 unspecified atom stereocenters. The highest BCUT2D eigenvalue weighted by molar-refractivity contribution is 6.32. The van der Waals surface area contributed by atoms with Gasteiger partial charge in [-0.1, -0.05) is 36.7 Å². The summed E-state index contributed by atoms with van der Waals surface area (Å²) in [6.45, 7) is 4.44. The molecule has 0 aliphatic heterocycles. The van der Waals surface area contributed by atoms with E-state index in [0.29, 0.717) is 34.3 Å². The van der Waals surface area contributed by atoms with Crippen LogP contribution in [0.25, 0.3) is 0 Å². The number of amides is 1. The first-order valence-corrected chi connectivity index (χ1v) is 8.34. The van der Waals surface area contributed by atoms with Gasteiger partial charge in [-0.15, -0.1) is 0 Å².